The van der Waals surface area contributed by atoms with Crippen molar-refractivity contribution in [2.45, 2.75) is 0 Å². The Labute approximate surface area is 117 Å². The maximum atomic E-state index is 11.8. The molecule has 2 amide bonds. The minimum Gasteiger partial charge on any atom is -0.439 e. The molecule has 20 heavy (non-hydrogen) atoms. The van der Waals surface area contributed by atoms with Crippen LogP contribution in [0.3, 0.4) is 0 Å². The average molecular weight is 278 g/mol. The Morgan fingerprint density at radius 1 is 1.30 bits per heavy atom. The lowest BCUT2D eigenvalue weighted by molar-refractivity contribution is -0.123. The number of aromatic nitrogens is 1. The Balaban J connectivity index is 1.79. The maximum absolute atomic E-state index is 11.8. The van der Waals surface area contributed by atoms with Gasteiger partial charge in [0.15, 0.2) is 6.61 Å². The maximum Gasteiger partial charge on any atom is 0.410 e. The summed E-state index contributed by atoms with van der Waals surface area (Å²) in [4.78, 5) is 30.8. The summed E-state index contributed by atoms with van der Waals surface area (Å²) in [5.41, 5.74) is 0. The van der Waals surface area contributed by atoms with Crippen molar-refractivity contribution in [3.05, 3.63) is 24.4 Å². The Hall–Kier alpha value is -2.31. The number of ether oxygens (including phenoxy) is 1. The van der Waals surface area contributed by atoms with Crippen LogP contribution in [0.1, 0.15) is 0 Å². The number of piperazine rings is 1. The fraction of sp³-hybridized carbons (Fsp3) is 0.462. The van der Waals surface area contributed by atoms with Crippen LogP contribution in [-0.2, 0) is 9.53 Å². The van der Waals surface area contributed by atoms with Crippen LogP contribution < -0.4 is 10.2 Å². The molecule has 1 aliphatic heterocycles. The molecular weight excluding hydrogens is 260 g/mol. The summed E-state index contributed by atoms with van der Waals surface area (Å²) in [6, 6.07) is 5.75. The Morgan fingerprint density at radius 3 is 2.65 bits per heavy atom. The number of carbonyl (C=O) groups is 2. The van der Waals surface area contributed by atoms with Crippen LogP contribution in [0.25, 0.3) is 0 Å². The number of hydrogen-bond donors (Lipinski definition) is 1. The highest BCUT2D eigenvalue weighted by Gasteiger charge is 2.23. The second-order valence-corrected chi connectivity index (χ2v) is 4.39. The SMILES string of the molecule is CNC(=O)COC(=O)N1CCN(c2ccccn2)CC1. The van der Waals surface area contributed by atoms with Crippen LogP contribution >= 0.6 is 0 Å². The normalized spacial score (nSPS) is 14.8. The number of rotatable bonds is 3. The van der Waals surface area contributed by atoms with Gasteiger partial charge < -0.3 is 19.9 Å². The molecule has 0 radical (unpaired) electrons. The lowest BCUT2D eigenvalue weighted by Crippen LogP contribution is -2.49. The number of nitrogens with one attached hydrogen (secondary N) is 1. The third kappa shape index (κ3) is 3.59. The second kappa shape index (κ2) is 6.74. The first kappa shape index (κ1) is 14.1. The molecular formula is C13H18N4O3. The molecule has 0 aromatic carbocycles. The fourth-order valence-electron chi connectivity index (χ4n) is 1.95. The lowest BCUT2D eigenvalue weighted by Gasteiger charge is -2.34. The van der Waals surface area contributed by atoms with Crippen molar-refractivity contribution >= 4 is 17.8 Å². The number of nitrogens with zero attached hydrogens (tertiary/aromatic N) is 3. The van der Waals surface area contributed by atoms with E-state index in [-0.39, 0.29) is 12.5 Å². The molecule has 1 aliphatic rings. The summed E-state index contributed by atoms with van der Waals surface area (Å²) in [6.07, 6.45) is 1.30. The predicted octanol–water partition coefficient (Wildman–Crippen LogP) is 0.0862. The van der Waals surface area contributed by atoms with Gasteiger partial charge >= 0.3 is 6.09 Å². The Kier molecular flexibility index (Phi) is 4.75. The third-order valence-corrected chi connectivity index (χ3v) is 3.12. The van der Waals surface area contributed by atoms with E-state index in [1.54, 1.807) is 11.1 Å². The molecule has 1 saturated heterocycles. The summed E-state index contributed by atoms with van der Waals surface area (Å²) in [7, 11) is 1.50. The van der Waals surface area contributed by atoms with Gasteiger partial charge in [-0.3, -0.25) is 4.79 Å². The van der Waals surface area contributed by atoms with Crippen molar-refractivity contribution in [1.29, 1.82) is 0 Å². The zero-order valence-corrected chi connectivity index (χ0v) is 11.4. The highest BCUT2D eigenvalue weighted by molar-refractivity contribution is 5.79. The van der Waals surface area contributed by atoms with Crippen LogP contribution in [0.4, 0.5) is 10.6 Å². The molecule has 2 heterocycles. The van der Waals surface area contributed by atoms with E-state index in [9.17, 15) is 9.59 Å². The number of amides is 2. The molecule has 0 bridgehead atoms. The number of hydrogen-bond acceptors (Lipinski definition) is 5. The van der Waals surface area contributed by atoms with Crippen molar-refractivity contribution in [2.24, 2.45) is 0 Å². The standard InChI is InChI=1S/C13H18N4O3/c1-14-12(18)10-20-13(19)17-8-6-16(7-9-17)11-4-2-3-5-15-11/h2-5H,6-10H2,1H3,(H,14,18). The highest BCUT2D eigenvalue weighted by atomic mass is 16.6. The average Bonchev–Trinajstić information content (AvgIpc) is 2.53. The highest BCUT2D eigenvalue weighted by Crippen LogP contribution is 2.12. The van der Waals surface area contributed by atoms with Gasteiger partial charge in [-0.15, -0.1) is 0 Å². The van der Waals surface area contributed by atoms with E-state index in [0.717, 1.165) is 5.82 Å². The van der Waals surface area contributed by atoms with Gasteiger partial charge in [0, 0.05) is 39.4 Å². The zero-order chi connectivity index (χ0) is 14.4. The van der Waals surface area contributed by atoms with E-state index >= 15 is 0 Å². The van der Waals surface area contributed by atoms with Crippen molar-refractivity contribution in [3.8, 4) is 0 Å². The van der Waals surface area contributed by atoms with Gasteiger partial charge in [-0.2, -0.15) is 0 Å². The monoisotopic (exact) mass is 278 g/mol. The molecule has 0 saturated carbocycles. The van der Waals surface area contributed by atoms with Crippen molar-refractivity contribution in [3.63, 3.8) is 0 Å². The fourth-order valence-corrected chi connectivity index (χ4v) is 1.95. The summed E-state index contributed by atoms with van der Waals surface area (Å²) >= 11 is 0. The number of pyridine rings is 1. The van der Waals surface area contributed by atoms with E-state index in [0.29, 0.717) is 26.2 Å². The van der Waals surface area contributed by atoms with Gasteiger partial charge in [-0.1, -0.05) is 6.07 Å². The van der Waals surface area contributed by atoms with Crippen molar-refractivity contribution in [2.75, 3.05) is 44.7 Å². The molecule has 7 nitrogen and oxygen atoms in total. The predicted molar refractivity (Wildman–Crippen MR) is 73.4 cm³/mol. The van der Waals surface area contributed by atoms with Gasteiger partial charge in [0.25, 0.3) is 5.91 Å². The molecule has 1 aromatic heterocycles. The van der Waals surface area contributed by atoms with Crippen LogP contribution in [0, 0.1) is 0 Å². The minimum atomic E-state index is -0.450. The molecule has 1 aromatic rings. The largest absolute Gasteiger partial charge is 0.439 e. The van der Waals surface area contributed by atoms with Crippen LogP contribution in [0.2, 0.25) is 0 Å². The summed E-state index contributed by atoms with van der Waals surface area (Å²) < 4.78 is 4.92. The number of anilines is 1. The number of likely N-dealkylation sites (N-methyl/N-ethyl adjacent to an activating group) is 1. The summed E-state index contributed by atoms with van der Waals surface area (Å²) in [5.74, 6) is 0.594. The lowest BCUT2D eigenvalue weighted by atomic mass is 10.3. The van der Waals surface area contributed by atoms with Gasteiger partial charge in [0.05, 0.1) is 0 Å². The van der Waals surface area contributed by atoms with E-state index < -0.39 is 6.09 Å². The van der Waals surface area contributed by atoms with E-state index in [1.165, 1.54) is 7.05 Å². The van der Waals surface area contributed by atoms with E-state index in [2.05, 4.69) is 15.2 Å². The second-order valence-electron chi connectivity index (χ2n) is 4.39. The zero-order valence-electron chi connectivity index (χ0n) is 11.4. The quantitative estimate of drug-likeness (QED) is 0.848. The van der Waals surface area contributed by atoms with Crippen LogP contribution in [-0.4, -0.2) is 61.7 Å². The third-order valence-electron chi connectivity index (χ3n) is 3.12. The van der Waals surface area contributed by atoms with Gasteiger partial charge in [0.2, 0.25) is 0 Å². The van der Waals surface area contributed by atoms with E-state index in [4.69, 9.17) is 4.74 Å². The van der Waals surface area contributed by atoms with E-state index in [1.807, 2.05) is 18.2 Å². The minimum absolute atomic E-state index is 0.240. The Bertz CT molecular complexity index is 458. The van der Waals surface area contributed by atoms with Crippen LogP contribution in [0.15, 0.2) is 24.4 Å². The summed E-state index contributed by atoms with van der Waals surface area (Å²) in [6.45, 7) is 2.28. The van der Waals surface area contributed by atoms with Gasteiger partial charge in [0.1, 0.15) is 5.82 Å². The molecule has 0 aliphatic carbocycles. The number of carbonyl (C=O) groups excluding carboxylic acids is 2. The molecule has 0 spiro atoms. The molecule has 2 rings (SSSR count). The van der Waals surface area contributed by atoms with Crippen molar-refractivity contribution < 1.29 is 14.3 Å². The van der Waals surface area contributed by atoms with Gasteiger partial charge in [-0.05, 0) is 12.1 Å². The first-order chi connectivity index (χ1) is 9.70. The topological polar surface area (TPSA) is 74.8 Å². The molecule has 0 atom stereocenters. The molecule has 1 fully saturated rings. The molecule has 1 N–H and O–H groups in total. The summed E-state index contributed by atoms with van der Waals surface area (Å²) in [5, 5.41) is 2.40. The first-order valence-corrected chi connectivity index (χ1v) is 6.49. The van der Waals surface area contributed by atoms with Gasteiger partial charge in [-0.25, -0.2) is 9.78 Å². The Morgan fingerprint density at radius 2 is 2.05 bits per heavy atom. The smallest absolute Gasteiger partial charge is 0.410 e. The van der Waals surface area contributed by atoms with Crippen LogP contribution in [0.5, 0.6) is 0 Å². The molecule has 108 valence electrons. The van der Waals surface area contributed by atoms with Crippen molar-refractivity contribution in [1.82, 2.24) is 15.2 Å². The first-order valence-electron chi connectivity index (χ1n) is 6.49. The molecule has 7 heteroatoms. The molecule has 0 unspecified atom stereocenters.